The van der Waals surface area contributed by atoms with Crippen LogP contribution in [-0.4, -0.2) is 16.0 Å². The SMILES string of the molecule is O=C(Cc1cccc(Cl)c1)N=Nc1c(O)[nH]c2ccccc12. The number of para-hydroxylation sites is 1. The van der Waals surface area contributed by atoms with Crippen molar-refractivity contribution in [2.24, 2.45) is 10.2 Å². The van der Waals surface area contributed by atoms with E-state index in [2.05, 4.69) is 15.2 Å². The molecular weight excluding hydrogens is 302 g/mol. The van der Waals surface area contributed by atoms with Crippen LogP contribution in [-0.2, 0) is 11.2 Å². The second kappa shape index (κ2) is 5.99. The van der Waals surface area contributed by atoms with Crippen LogP contribution in [0, 0.1) is 0 Å². The first-order chi connectivity index (χ1) is 10.6. The van der Waals surface area contributed by atoms with Gasteiger partial charge in [0.05, 0.1) is 11.9 Å². The number of hydrogen-bond acceptors (Lipinski definition) is 3. The monoisotopic (exact) mass is 313 g/mol. The molecule has 110 valence electrons. The minimum Gasteiger partial charge on any atom is -0.493 e. The number of rotatable bonds is 3. The molecule has 0 radical (unpaired) electrons. The van der Waals surface area contributed by atoms with Crippen LogP contribution in [0.2, 0.25) is 5.02 Å². The van der Waals surface area contributed by atoms with Gasteiger partial charge < -0.3 is 10.1 Å². The van der Waals surface area contributed by atoms with Crippen molar-refractivity contribution in [3.8, 4) is 5.88 Å². The maximum absolute atomic E-state index is 11.9. The van der Waals surface area contributed by atoms with Crippen molar-refractivity contribution >= 4 is 34.1 Å². The standard InChI is InChI=1S/C16H12ClN3O2/c17-11-5-3-4-10(8-11)9-14(21)19-20-15-12-6-1-2-7-13(12)18-16(15)22/h1-8,18,22H,9H2. The van der Waals surface area contributed by atoms with E-state index in [1.54, 1.807) is 30.3 Å². The molecule has 3 rings (SSSR count). The van der Waals surface area contributed by atoms with Gasteiger partial charge in [0, 0.05) is 10.4 Å². The number of carbonyl (C=O) groups excluding carboxylic acids is 1. The summed E-state index contributed by atoms with van der Waals surface area (Å²) in [6.07, 6.45) is 0.104. The van der Waals surface area contributed by atoms with Gasteiger partial charge in [-0.15, -0.1) is 10.2 Å². The van der Waals surface area contributed by atoms with Gasteiger partial charge in [0.25, 0.3) is 5.91 Å². The van der Waals surface area contributed by atoms with E-state index in [0.29, 0.717) is 10.4 Å². The zero-order valence-corrected chi connectivity index (χ0v) is 12.2. The normalized spacial score (nSPS) is 11.3. The summed E-state index contributed by atoms with van der Waals surface area (Å²) in [6, 6.07) is 14.3. The number of benzene rings is 2. The number of aromatic hydroxyl groups is 1. The molecule has 2 aromatic carbocycles. The Morgan fingerprint density at radius 3 is 2.82 bits per heavy atom. The van der Waals surface area contributed by atoms with E-state index in [4.69, 9.17) is 11.6 Å². The number of halogens is 1. The van der Waals surface area contributed by atoms with Crippen LogP contribution in [0.5, 0.6) is 5.88 Å². The van der Waals surface area contributed by atoms with E-state index < -0.39 is 5.91 Å². The van der Waals surface area contributed by atoms with Crippen LogP contribution < -0.4 is 0 Å². The highest BCUT2D eigenvalue weighted by Gasteiger charge is 2.10. The molecule has 1 aromatic heterocycles. The summed E-state index contributed by atoms with van der Waals surface area (Å²) in [5, 5.41) is 18.6. The summed E-state index contributed by atoms with van der Waals surface area (Å²) >= 11 is 5.87. The fourth-order valence-corrected chi connectivity index (χ4v) is 2.39. The fourth-order valence-electron chi connectivity index (χ4n) is 2.18. The van der Waals surface area contributed by atoms with Crippen molar-refractivity contribution in [3.63, 3.8) is 0 Å². The van der Waals surface area contributed by atoms with Crippen LogP contribution >= 0.6 is 11.6 Å². The maximum Gasteiger partial charge on any atom is 0.269 e. The number of azo groups is 1. The van der Waals surface area contributed by atoms with Crippen molar-refractivity contribution in [1.29, 1.82) is 0 Å². The maximum atomic E-state index is 11.9. The topological polar surface area (TPSA) is 77.8 Å². The Hall–Kier alpha value is -2.66. The van der Waals surface area contributed by atoms with Crippen molar-refractivity contribution in [2.45, 2.75) is 6.42 Å². The average molecular weight is 314 g/mol. The van der Waals surface area contributed by atoms with E-state index in [1.807, 2.05) is 18.2 Å². The summed E-state index contributed by atoms with van der Waals surface area (Å²) in [4.78, 5) is 14.7. The van der Waals surface area contributed by atoms with Crippen LogP contribution in [0.1, 0.15) is 5.56 Å². The molecule has 0 aliphatic carbocycles. The first-order valence-corrected chi connectivity index (χ1v) is 7.00. The summed E-state index contributed by atoms with van der Waals surface area (Å²) in [5.74, 6) is -0.521. The lowest BCUT2D eigenvalue weighted by atomic mass is 10.1. The molecule has 0 atom stereocenters. The third kappa shape index (κ3) is 2.99. The van der Waals surface area contributed by atoms with Crippen LogP contribution in [0.25, 0.3) is 10.9 Å². The Morgan fingerprint density at radius 2 is 2.00 bits per heavy atom. The van der Waals surface area contributed by atoms with Gasteiger partial charge in [0.2, 0.25) is 5.88 Å². The number of fused-ring (bicyclic) bond motifs is 1. The Labute approximate surface area is 131 Å². The highest BCUT2D eigenvalue weighted by Crippen LogP contribution is 2.35. The molecule has 22 heavy (non-hydrogen) atoms. The minimum absolute atomic E-state index is 0.104. The number of aromatic amines is 1. The van der Waals surface area contributed by atoms with Gasteiger partial charge in [-0.1, -0.05) is 41.9 Å². The number of carbonyl (C=O) groups is 1. The first kappa shape index (κ1) is 14.3. The molecule has 0 saturated carbocycles. The Bertz CT molecular complexity index is 871. The van der Waals surface area contributed by atoms with Gasteiger partial charge in [-0.2, -0.15) is 0 Å². The number of hydrogen-bond donors (Lipinski definition) is 2. The number of aromatic nitrogens is 1. The Balaban J connectivity index is 1.81. The molecule has 3 aromatic rings. The lowest BCUT2D eigenvalue weighted by Gasteiger charge is -1.97. The summed E-state index contributed by atoms with van der Waals surface area (Å²) in [6.45, 7) is 0. The number of amides is 1. The zero-order valence-electron chi connectivity index (χ0n) is 11.5. The molecule has 2 N–H and O–H groups in total. The van der Waals surface area contributed by atoms with Crippen molar-refractivity contribution in [2.75, 3.05) is 0 Å². The lowest BCUT2D eigenvalue weighted by Crippen LogP contribution is -1.97. The first-order valence-electron chi connectivity index (χ1n) is 6.62. The van der Waals surface area contributed by atoms with E-state index in [-0.39, 0.29) is 18.0 Å². The van der Waals surface area contributed by atoms with Gasteiger partial charge in [-0.05, 0) is 23.8 Å². The van der Waals surface area contributed by atoms with Crippen molar-refractivity contribution in [1.82, 2.24) is 4.98 Å². The zero-order chi connectivity index (χ0) is 15.5. The van der Waals surface area contributed by atoms with Gasteiger partial charge in [0.15, 0.2) is 5.69 Å². The smallest absolute Gasteiger partial charge is 0.269 e. The Kier molecular flexibility index (Phi) is 3.89. The fraction of sp³-hybridized carbons (Fsp3) is 0.0625. The molecule has 0 unspecified atom stereocenters. The Morgan fingerprint density at radius 1 is 1.18 bits per heavy atom. The van der Waals surface area contributed by atoms with Crippen LogP contribution in [0.3, 0.4) is 0 Å². The van der Waals surface area contributed by atoms with Gasteiger partial charge in [-0.3, -0.25) is 4.79 Å². The molecule has 1 amide bonds. The molecule has 0 bridgehead atoms. The molecule has 0 aliphatic heterocycles. The molecule has 0 fully saturated rings. The van der Waals surface area contributed by atoms with Gasteiger partial charge >= 0.3 is 0 Å². The van der Waals surface area contributed by atoms with Crippen molar-refractivity contribution in [3.05, 3.63) is 59.1 Å². The molecule has 0 aliphatic rings. The van der Waals surface area contributed by atoms with E-state index >= 15 is 0 Å². The third-order valence-electron chi connectivity index (χ3n) is 3.17. The van der Waals surface area contributed by atoms with E-state index in [0.717, 1.165) is 11.1 Å². The molecular formula is C16H12ClN3O2. The van der Waals surface area contributed by atoms with Gasteiger partial charge in [-0.25, -0.2) is 0 Å². The lowest BCUT2D eigenvalue weighted by molar-refractivity contribution is -0.117. The summed E-state index contributed by atoms with van der Waals surface area (Å²) in [5.41, 5.74) is 1.76. The molecule has 6 heteroatoms. The second-order valence-electron chi connectivity index (χ2n) is 4.77. The largest absolute Gasteiger partial charge is 0.493 e. The predicted octanol–water partition coefficient (Wildman–Crippen LogP) is 4.38. The highest BCUT2D eigenvalue weighted by atomic mass is 35.5. The van der Waals surface area contributed by atoms with Crippen molar-refractivity contribution < 1.29 is 9.90 Å². The minimum atomic E-state index is -0.410. The quantitative estimate of drug-likeness (QED) is 0.704. The number of nitrogens with one attached hydrogen (secondary N) is 1. The molecule has 0 spiro atoms. The van der Waals surface area contributed by atoms with Gasteiger partial charge in [0.1, 0.15) is 0 Å². The predicted molar refractivity (Wildman–Crippen MR) is 84.6 cm³/mol. The van der Waals surface area contributed by atoms with E-state index in [9.17, 15) is 9.90 Å². The number of nitrogens with zero attached hydrogens (tertiary/aromatic N) is 2. The summed E-state index contributed by atoms with van der Waals surface area (Å²) in [7, 11) is 0. The summed E-state index contributed by atoms with van der Waals surface area (Å²) < 4.78 is 0. The highest BCUT2D eigenvalue weighted by molar-refractivity contribution is 6.30. The molecule has 0 saturated heterocycles. The molecule has 1 heterocycles. The van der Waals surface area contributed by atoms with Crippen LogP contribution in [0.15, 0.2) is 58.8 Å². The molecule has 5 nitrogen and oxygen atoms in total. The van der Waals surface area contributed by atoms with Crippen LogP contribution in [0.4, 0.5) is 5.69 Å². The van der Waals surface area contributed by atoms with E-state index in [1.165, 1.54) is 0 Å². The number of H-pyrrole nitrogens is 1. The average Bonchev–Trinajstić information content (AvgIpc) is 2.80. The second-order valence-corrected chi connectivity index (χ2v) is 5.20. The third-order valence-corrected chi connectivity index (χ3v) is 3.40.